The van der Waals surface area contributed by atoms with Gasteiger partial charge in [0.1, 0.15) is 19.3 Å². The molecule has 0 aromatic rings. The summed E-state index contributed by atoms with van der Waals surface area (Å²) in [6, 6.07) is 0. The van der Waals surface area contributed by atoms with Gasteiger partial charge in [-0.3, -0.25) is 37.3 Å². The van der Waals surface area contributed by atoms with Gasteiger partial charge in [-0.15, -0.1) is 0 Å². The predicted octanol–water partition coefficient (Wildman–Crippen LogP) is 21.2. The molecule has 2 unspecified atom stereocenters. The standard InChI is InChI=1S/C74H140O17P2/c1-6-9-12-15-18-21-23-25-27-29-33-38-43-48-53-58-72(77)85-64-70(91-73(78)59-54-49-44-39-34-30-28-26-24-22-19-16-13-10-7-2)66-89-93(82,83)87-62-68(75)61-86-92(80,81)88-65-69(63-84-71(76)57-52-47-42-36-20-17-14-11-8-3)90-74(79)60-55-50-45-40-35-31-32-37-41-46-51-56-67(4)5/h22,24,26,28,67-70,75H,6-21,23,25,27,29-66H2,1-5H3,(H,80,81)(H,82,83)/b24-22-,28-26-/t68-,69+,70+/m0/s1. The Labute approximate surface area is 567 Å². The fraction of sp³-hybridized carbons (Fsp3) is 0.892. The minimum atomic E-state index is -4.96. The number of aliphatic hydroxyl groups excluding tert-OH is 1. The quantitative estimate of drug-likeness (QED) is 0.0169. The first kappa shape index (κ1) is 90.5. The first-order valence-electron chi connectivity index (χ1n) is 38.0. The molecule has 0 spiro atoms. The molecule has 0 heterocycles. The number of esters is 4. The molecule has 0 rings (SSSR count). The first-order chi connectivity index (χ1) is 45.0. The van der Waals surface area contributed by atoms with Crippen LogP contribution < -0.4 is 0 Å². The van der Waals surface area contributed by atoms with Gasteiger partial charge in [0.15, 0.2) is 12.2 Å². The lowest BCUT2D eigenvalue weighted by Crippen LogP contribution is -2.30. The minimum Gasteiger partial charge on any atom is -0.462 e. The van der Waals surface area contributed by atoms with Gasteiger partial charge in [-0.1, -0.05) is 309 Å². The Morgan fingerprint density at radius 3 is 0.882 bits per heavy atom. The topological polar surface area (TPSA) is 237 Å². The number of rotatable bonds is 72. The number of hydrogen-bond acceptors (Lipinski definition) is 15. The van der Waals surface area contributed by atoms with Gasteiger partial charge < -0.3 is 33.8 Å². The number of carbonyl (C=O) groups is 4. The van der Waals surface area contributed by atoms with E-state index in [1.54, 1.807) is 0 Å². The minimum absolute atomic E-state index is 0.0857. The van der Waals surface area contributed by atoms with Gasteiger partial charge in [0.25, 0.3) is 0 Å². The van der Waals surface area contributed by atoms with Gasteiger partial charge in [-0.05, 0) is 57.3 Å². The highest BCUT2D eigenvalue weighted by molar-refractivity contribution is 7.47. The van der Waals surface area contributed by atoms with Crippen LogP contribution in [0.1, 0.15) is 362 Å². The molecule has 0 fully saturated rings. The van der Waals surface area contributed by atoms with Crippen molar-refractivity contribution >= 4 is 39.5 Å². The number of carbonyl (C=O) groups excluding carboxylic acids is 4. The molecule has 0 bridgehead atoms. The SMILES string of the molecule is CCCCCC/C=C\C=C/CCCCCCCC(=O)O[C@H](COC(=O)CCCCCCCCCCCCCCCCC)COP(=O)(O)OC[C@@H](O)COP(=O)(O)OC[C@@H](COC(=O)CCCCCCCCCCC)OC(=O)CCCCCCCCCCCCCC(C)C. The largest absolute Gasteiger partial charge is 0.472 e. The highest BCUT2D eigenvalue weighted by Crippen LogP contribution is 2.45. The van der Waals surface area contributed by atoms with Crippen molar-refractivity contribution in [1.29, 1.82) is 0 Å². The average molecular weight is 1360 g/mol. The van der Waals surface area contributed by atoms with Crippen molar-refractivity contribution in [1.82, 2.24) is 0 Å². The molecule has 0 radical (unpaired) electrons. The summed E-state index contributed by atoms with van der Waals surface area (Å²) in [7, 11) is -9.92. The van der Waals surface area contributed by atoms with Gasteiger partial charge in [-0.25, -0.2) is 9.13 Å². The van der Waals surface area contributed by atoms with Crippen LogP contribution in [0.2, 0.25) is 0 Å². The Bertz CT molecular complexity index is 1880. The molecule has 0 aromatic heterocycles. The number of hydrogen-bond donors (Lipinski definition) is 3. The lowest BCUT2D eigenvalue weighted by Gasteiger charge is -2.21. The number of aliphatic hydroxyl groups is 1. The Morgan fingerprint density at radius 2 is 0.581 bits per heavy atom. The lowest BCUT2D eigenvalue weighted by atomic mass is 10.0. The summed E-state index contributed by atoms with van der Waals surface area (Å²) in [5, 5.41) is 10.6. The zero-order chi connectivity index (χ0) is 68.4. The van der Waals surface area contributed by atoms with Crippen LogP contribution in [0.5, 0.6) is 0 Å². The van der Waals surface area contributed by atoms with E-state index in [1.165, 1.54) is 173 Å². The zero-order valence-corrected chi connectivity index (χ0v) is 61.7. The van der Waals surface area contributed by atoms with E-state index in [1.807, 2.05) is 0 Å². The highest BCUT2D eigenvalue weighted by Gasteiger charge is 2.30. The summed E-state index contributed by atoms with van der Waals surface area (Å²) >= 11 is 0. The average Bonchev–Trinajstić information content (AvgIpc) is 2.07. The van der Waals surface area contributed by atoms with E-state index in [9.17, 15) is 43.2 Å². The van der Waals surface area contributed by atoms with Crippen LogP contribution in [0.4, 0.5) is 0 Å². The van der Waals surface area contributed by atoms with Gasteiger partial charge >= 0.3 is 39.5 Å². The molecule has 5 atom stereocenters. The Morgan fingerprint density at radius 1 is 0.333 bits per heavy atom. The summed E-state index contributed by atoms with van der Waals surface area (Å²) in [6.07, 6.45) is 57.6. The van der Waals surface area contributed by atoms with Gasteiger partial charge in [-0.2, -0.15) is 0 Å². The third kappa shape index (κ3) is 67.9. The van der Waals surface area contributed by atoms with Crippen LogP contribution in [-0.4, -0.2) is 96.7 Å². The maximum Gasteiger partial charge on any atom is 0.472 e. The van der Waals surface area contributed by atoms with Crippen molar-refractivity contribution < 1.29 is 80.2 Å². The normalized spacial score (nSPS) is 14.2. The molecule has 0 aromatic carbocycles. The predicted molar refractivity (Wildman–Crippen MR) is 377 cm³/mol. The molecule has 0 saturated carbocycles. The van der Waals surface area contributed by atoms with Crippen LogP contribution in [0.3, 0.4) is 0 Å². The second-order valence-corrected chi connectivity index (χ2v) is 29.4. The van der Waals surface area contributed by atoms with E-state index in [0.29, 0.717) is 25.7 Å². The van der Waals surface area contributed by atoms with E-state index < -0.39 is 97.5 Å². The Hall–Kier alpha value is -2.46. The Kier molecular flexibility index (Phi) is 65.0. The maximum absolute atomic E-state index is 13.1. The number of phosphoric ester groups is 2. The molecule has 548 valence electrons. The lowest BCUT2D eigenvalue weighted by molar-refractivity contribution is -0.161. The van der Waals surface area contributed by atoms with E-state index >= 15 is 0 Å². The molecular weight excluding hydrogens is 1220 g/mol. The molecule has 0 amide bonds. The smallest absolute Gasteiger partial charge is 0.462 e. The Balaban J connectivity index is 5.27. The molecule has 0 aliphatic carbocycles. The monoisotopic (exact) mass is 1360 g/mol. The van der Waals surface area contributed by atoms with Crippen molar-refractivity contribution in [2.75, 3.05) is 39.6 Å². The van der Waals surface area contributed by atoms with Gasteiger partial charge in [0.05, 0.1) is 26.4 Å². The second-order valence-electron chi connectivity index (χ2n) is 26.5. The van der Waals surface area contributed by atoms with Crippen LogP contribution in [-0.2, 0) is 65.4 Å². The molecule has 0 aliphatic heterocycles. The van der Waals surface area contributed by atoms with Crippen molar-refractivity contribution in [2.24, 2.45) is 5.92 Å². The number of phosphoric acid groups is 2. The first-order valence-corrected chi connectivity index (χ1v) is 40.9. The summed E-state index contributed by atoms with van der Waals surface area (Å²) in [4.78, 5) is 72.7. The van der Waals surface area contributed by atoms with Crippen LogP contribution >= 0.6 is 15.6 Å². The molecular formula is C74H140O17P2. The van der Waals surface area contributed by atoms with Gasteiger partial charge in [0, 0.05) is 25.7 Å². The third-order valence-electron chi connectivity index (χ3n) is 16.7. The number of unbranched alkanes of at least 4 members (excludes halogenated alkanes) is 41. The second kappa shape index (κ2) is 66.8. The van der Waals surface area contributed by atoms with E-state index in [0.717, 1.165) is 109 Å². The zero-order valence-electron chi connectivity index (χ0n) is 59.9. The molecule has 17 nitrogen and oxygen atoms in total. The fourth-order valence-electron chi connectivity index (χ4n) is 10.8. The van der Waals surface area contributed by atoms with Crippen molar-refractivity contribution in [3.63, 3.8) is 0 Å². The van der Waals surface area contributed by atoms with Gasteiger partial charge in [0.2, 0.25) is 0 Å². The summed E-state index contributed by atoms with van der Waals surface area (Å²) in [5.74, 6) is -1.38. The molecule has 93 heavy (non-hydrogen) atoms. The van der Waals surface area contributed by atoms with Crippen molar-refractivity contribution in [3.05, 3.63) is 24.3 Å². The number of ether oxygens (including phenoxy) is 4. The number of allylic oxidation sites excluding steroid dienone is 4. The van der Waals surface area contributed by atoms with E-state index in [2.05, 4.69) is 58.9 Å². The maximum atomic E-state index is 13.1. The van der Waals surface area contributed by atoms with Crippen molar-refractivity contribution in [2.45, 2.75) is 380 Å². The molecule has 0 saturated heterocycles. The fourth-order valence-corrected chi connectivity index (χ4v) is 12.4. The van der Waals surface area contributed by atoms with E-state index in [4.69, 9.17) is 37.0 Å². The highest BCUT2D eigenvalue weighted by atomic mass is 31.2. The van der Waals surface area contributed by atoms with E-state index in [-0.39, 0.29) is 25.7 Å². The molecule has 3 N–H and O–H groups in total. The van der Waals surface area contributed by atoms with Crippen LogP contribution in [0.15, 0.2) is 24.3 Å². The summed E-state index contributed by atoms with van der Waals surface area (Å²) in [6.45, 7) is 7.20. The van der Waals surface area contributed by atoms with Crippen LogP contribution in [0, 0.1) is 5.92 Å². The molecule has 0 aliphatic rings. The van der Waals surface area contributed by atoms with Crippen molar-refractivity contribution in [3.8, 4) is 0 Å². The third-order valence-corrected chi connectivity index (χ3v) is 18.6. The molecule has 19 heteroatoms. The van der Waals surface area contributed by atoms with Crippen LogP contribution in [0.25, 0.3) is 0 Å². The summed E-state index contributed by atoms with van der Waals surface area (Å²) < 4.78 is 68.4. The summed E-state index contributed by atoms with van der Waals surface area (Å²) in [5.41, 5.74) is 0.